The van der Waals surface area contributed by atoms with Crippen LogP contribution in [0.4, 0.5) is 0 Å². The highest BCUT2D eigenvalue weighted by atomic mass is 16.5. The molecule has 0 heterocycles. The van der Waals surface area contributed by atoms with Gasteiger partial charge in [0.05, 0.1) is 25.4 Å². The fraction of sp³-hybridized carbons (Fsp3) is 0.833. The topological polar surface area (TPSA) is 95.9 Å². The lowest BCUT2D eigenvalue weighted by Crippen LogP contribution is -2.45. The number of carbonyl (C=O) groups excluding carboxylic acids is 2. The first-order chi connectivity index (χ1) is 32.5. The molecule has 6 nitrogen and oxygen atoms in total. The maximum atomic E-state index is 12.5. The second kappa shape index (κ2) is 55.4. The lowest BCUT2D eigenvalue weighted by molar-refractivity contribution is -0.143. The van der Waals surface area contributed by atoms with Gasteiger partial charge in [-0.05, 0) is 89.9 Å². The third-order valence-corrected chi connectivity index (χ3v) is 13.1. The molecule has 3 N–H and O–H groups in total. The first kappa shape index (κ1) is 63.8. The fourth-order valence-corrected chi connectivity index (χ4v) is 8.62. The van der Waals surface area contributed by atoms with Crippen molar-refractivity contribution in [3.63, 3.8) is 0 Å². The van der Waals surface area contributed by atoms with Gasteiger partial charge in [-0.25, -0.2) is 0 Å². The second-order valence-corrected chi connectivity index (χ2v) is 19.6. The Morgan fingerprint density at radius 1 is 0.424 bits per heavy atom. The Hall–Kier alpha value is -2.18. The molecular weight excluding hydrogens is 815 g/mol. The van der Waals surface area contributed by atoms with Crippen molar-refractivity contribution in [1.82, 2.24) is 5.32 Å². The SMILES string of the molecule is CCCCCCCCC/C=C\CCCCCCCC(=O)OCCCCC/C=C\C=C/CCCCCCCCC(=O)NC(CO)C(O)/C=C/CCCCCCCCCCCCCCCCCC. The van der Waals surface area contributed by atoms with E-state index in [0.717, 1.165) is 77.0 Å². The van der Waals surface area contributed by atoms with E-state index in [-0.39, 0.29) is 18.5 Å². The largest absolute Gasteiger partial charge is 0.466 e. The normalized spacial score (nSPS) is 13.0. The molecule has 6 heteroatoms. The first-order valence-electron chi connectivity index (χ1n) is 28.9. The third kappa shape index (κ3) is 51.2. The van der Waals surface area contributed by atoms with E-state index in [1.807, 2.05) is 6.08 Å². The standard InChI is InChI=1S/C60H111NO5/c1-3-5-7-9-11-13-15-17-19-21-22-24-28-32-36-40-44-48-52-58(63)57(56-62)61-59(64)53-49-45-41-37-33-29-25-23-27-31-35-39-43-47-51-55-66-60(65)54-50-46-42-38-34-30-26-20-18-16-14-12-10-8-6-4-2/h20,23,26-27,31,35,48,52,57-58,62-63H,3-19,21-22,24-25,28-30,32-34,36-47,49-51,53-56H2,1-2H3,(H,61,64)/b26-20-,27-23-,35-31-,52-48+. The molecule has 0 saturated heterocycles. The van der Waals surface area contributed by atoms with Gasteiger partial charge >= 0.3 is 5.97 Å². The summed E-state index contributed by atoms with van der Waals surface area (Å²) in [4.78, 5) is 24.5. The number of hydrogen-bond acceptors (Lipinski definition) is 5. The summed E-state index contributed by atoms with van der Waals surface area (Å²) < 4.78 is 5.45. The van der Waals surface area contributed by atoms with E-state index in [1.54, 1.807) is 6.08 Å². The number of hydrogen-bond donors (Lipinski definition) is 3. The molecule has 0 rings (SSSR count). The summed E-state index contributed by atoms with van der Waals surface area (Å²) in [5, 5.41) is 23.1. The number of unbranched alkanes of at least 4 members (excludes halogenated alkanes) is 37. The molecule has 0 radical (unpaired) electrons. The van der Waals surface area contributed by atoms with Crippen molar-refractivity contribution < 1.29 is 24.5 Å². The van der Waals surface area contributed by atoms with Gasteiger partial charge in [0.2, 0.25) is 5.91 Å². The Morgan fingerprint density at radius 2 is 0.758 bits per heavy atom. The van der Waals surface area contributed by atoms with Crippen LogP contribution in [0, 0.1) is 0 Å². The third-order valence-electron chi connectivity index (χ3n) is 13.1. The van der Waals surface area contributed by atoms with Gasteiger partial charge in [0, 0.05) is 12.8 Å². The van der Waals surface area contributed by atoms with Crippen LogP contribution in [-0.2, 0) is 14.3 Å². The van der Waals surface area contributed by atoms with Gasteiger partial charge in [0.15, 0.2) is 0 Å². The molecule has 0 fully saturated rings. The summed E-state index contributed by atoms with van der Waals surface area (Å²) in [6.45, 7) is 4.85. The minimum Gasteiger partial charge on any atom is -0.466 e. The average molecular weight is 927 g/mol. The highest BCUT2D eigenvalue weighted by molar-refractivity contribution is 5.76. The molecule has 0 bridgehead atoms. The number of ether oxygens (including phenoxy) is 1. The second-order valence-electron chi connectivity index (χ2n) is 19.6. The zero-order chi connectivity index (χ0) is 47.9. The predicted molar refractivity (Wildman–Crippen MR) is 287 cm³/mol. The molecule has 0 aliphatic heterocycles. The van der Waals surface area contributed by atoms with Crippen molar-refractivity contribution in [2.45, 2.75) is 309 Å². The lowest BCUT2D eigenvalue weighted by Gasteiger charge is -2.20. The Bertz CT molecular complexity index is 1110. The molecule has 0 aliphatic rings. The minimum absolute atomic E-state index is 0.0305. The molecule has 1 amide bonds. The van der Waals surface area contributed by atoms with Gasteiger partial charge in [-0.2, -0.15) is 0 Å². The molecule has 66 heavy (non-hydrogen) atoms. The summed E-state index contributed by atoms with van der Waals surface area (Å²) in [5.74, 6) is -0.121. The van der Waals surface area contributed by atoms with Crippen molar-refractivity contribution in [3.8, 4) is 0 Å². The smallest absolute Gasteiger partial charge is 0.305 e. The van der Waals surface area contributed by atoms with Crippen LogP contribution < -0.4 is 5.32 Å². The number of carbonyl (C=O) groups is 2. The molecule has 0 aliphatic carbocycles. The fourth-order valence-electron chi connectivity index (χ4n) is 8.62. The van der Waals surface area contributed by atoms with Crippen molar-refractivity contribution in [1.29, 1.82) is 0 Å². The summed E-state index contributed by atoms with van der Waals surface area (Å²) in [6.07, 6.45) is 69.9. The van der Waals surface area contributed by atoms with Crippen molar-refractivity contribution >= 4 is 11.9 Å². The van der Waals surface area contributed by atoms with Crippen molar-refractivity contribution in [3.05, 3.63) is 48.6 Å². The molecule has 0 aromatic carbocycles. The highest BCUT2D eigenvalue weighted by Gasteiger charge is 2.18. The number of amides is 1. The van der Waals surface area contributed by atoms with Crippen LogP contribution in [0.15, 0.2) is 48.6 Å². The van der Waals surface area contributed by atoms with E-state index in [4.69, 9.17) is 4.74 Å². The Kier molecular flexibility index (Phi) is 53.6. The Morgan fingerprint density at radius 3 is 1.17 bits per heavy atom. The number of nitrogens with one attached hydrogen (secondary N) is 1. The zero-order valence-corrected chi connectivity index (χ0v) is 43.9. The maximum Gasteiger partial charge on any atom is 0.305 e. The average Bonchev–Trinajstić information content (AvgIpc) is 3.32. The van der Waals surface area contributed by atoms with Crippen LogP contribution in [0.25, 0.3) is 0 Å². The first-order valence-corrected chi connectivity index (χ1v) is 28.9. The summed E-state index contributed by atoms with van der Waals surface area (Å²) in [7, 11) is 0. The number of aliphatic hydroxyl groups excluding tert-OH is 2. The number of allylic oxidation sites excluding steroid dienone is 7. The molecule has 0 aromatic rings. The summed E-state index contributed by atoms with van der Waals surface area (Å²) in [6, 6.07) is -0.646. The number of rotatable bonds is 53. The van der Waals surface area contributed by atoms with Crippen LogP contribution in [0.1, 0.15) is 296 Å². The molecule has 0 saturated carbocycles. The van der Waals surface area contributed by atoms with Gasteiger partial charge in [-0.15, -0.1) is 0 Å². The van der Waals surface area contributed by atoms with Gasteiger partial charge in [-0.3, -0.25) is 9.59 Å². The summed E-state index contributed by atoms with van der Waals surface area (Å²) >= 11 is 0. The minimum atomic E-state index is -0.860. The van der Waals surface area contributed by atoms with Gasteiger partial charge in [-0.1, -0.05) is 242 Å². The molecule has 0 spiro atoms. The highest BCUT2D eigenvalue weighted by Crippen LogP contribution is 2.16. The molecule has 386 valence electrons. The van der Waals surface area contributed by atoms with Crippen molar-refractivity contribution in [2.75, 3.05) is 13.2 Å². The quantitative estimate of drug-likeness (QED) is 0.0244. The van der Waals surface area contributed by atoms with E-state index in [2.05, 4.69) is 55.6 Å². The Balaban J connectivity index is 3.56. The van der Waals surface area contributed by atoms with Crippen LogP contribution >= 0.6 is 0 Å². The van der Waals surface area contributed by atoms with E-state index in [9.17, 15) is 19.8 Å². The zero-order valence-electron chi connectivity index (χ0n) is 43.9. The van der Waals surface area contributed by atoms with E-state index >= 15 is 0 Å². The van der Waals surface area contributed by atoms with Crippen LogP contribution in [0.3, 0.4) is 0 Å². The summed E-state index contributed by atoms with van der Waals surface area (Å²) in [5.41, 5.74) is 0. The van der Waals surface area contributed by atoms with Crippen LogP contribution in [0.5, 0.6) is 0 Å². The van der Waals surface area contributed by atoms with Crippen molar-refractivity contribution in [2.24, 2.45) is 0 Å². The van der Waals surface area contributed by atoms with Gasteiger partial charge < -0.3 is 20.3 Å². The van der Waals surface area contributed by atoms with E-state index < -0.39 is 12.1 Å². The van der Waals surface area contributed by atoms with Crippen LogP contribution in [0.2, 0.25) is 0 Å². The van der Waals surface area contributed by atoms with Crippen LogP contribution in [-0.4, -0.2) is 47.4 Å². The van der Waals surface area contributed by atoms with Gasteiger partial charge in [0.25, 0.3) is 0 Å². The number of esters is 1. The monoisotopic (exact) mass is 926 g/mol. The Labute approximate surface area is 410 Å². The number of aliphatic hydroxyl groups is 2. The van der Waals surface area contributed by atoms with E-state index in [0.29, 0.717) is 19.4 Å². The lowest BCUT2D eigenvalue weighted by atomic mass is 10.0. The van der Waals surface area contributed by atoms with E-state index in [1.165, 1.54) is 193 Å². The molecule has 2 unspecified atom stereocenters. The molecule has 0 aromatic heterocycles. The molecular formula is C60H111NO5. The van der Waals surface area contributed by atoms with Gasteiger partial charge in [0.1, 0.15) is 0 Å². The predicted octanol–water partition coefficient (Wildman–Crippen LogP) is 17.8. The maximum absolute atomic E-state index is 12.5. The molecule has 2 atom stereocenters.